The van der Waals surface area contributed by atoms with E-state index < -0.39 is 51.1 Å². The molecule has 298 valence electrons. The van der Waals surface area contributed by atoms with Gasteiger partial charge in [-0.3, -0.25) is 23.4 Å². The van der Waals surface area contributed by atoms with Crippen LogP contribution in [-0.2, 0) is 37.5 Å². The van der Waals surface area contributed by atoms with Gasteiger partial charge in [0, 0.05) is 12.8 Å². The second kappa shape index (κ2) is 35.0. The zero-order valence-corrected chi connectivity index (χ0v) is 32.8. The maximum Gasteiger partial charge on any atom is 0.472 e. The number of carboxylic acid groups (broad SMARTS) is 1. The van der Waals surface area contributed by atoms with Gasteiger partial charge >= 0.3 is 25.7 Å². The lowest BCUT2D eigenvalue weighted by Gasteiger charge is -2.20. The van der Waals surface area contributed by atoms with Gasteiger partial charge in [0.25, 0.3) is 0 Å². The van der Waals surface area contributed by atoms with E-state index in [1.54, 1.807) is 0 Å². The highest BCUT2D eigenvalue weighted by Crippen LogP contribution is 2.43. The van der Waals surface area contributed by atoms with Crippen LogP contribution in [0.5, 0.6) is 0 Å². The Morgan fingerprint density at radius 2 is 1.04 bits per heavy atom. The van der Waals surface area contributed by atoms with Crippen LogP contribution in [0.4, 0.5) is 0 Å². The molecule has 0 aromatic carbocycles. The van der Waals surface area contributed by atoms with Gasteiger partial charge in [0.05, 0.1) is 13.2 Å². The average Bonchev–Trinajstić information content (AvgIpc) is 3.10. The number of allylic oxidation sites excluding steroid dienone is 4. The van der Waals surface area contributed by atoms with E-state index in [1.807, 2.05) is 0 Å². The predicted octanol–water partition coefficient (Wildman–Crippen LogP) is 9.89. The summed E-state index contributed by atoms with van der Waals surface area (Å²) in [7, 11) is -4.71. The van der Waals surface area contributed by atoms with Crippen molar-refractivity contribution in [3.05, 3.63) is 24.3 Å². The number of nitrogens with two attached hydrogens (primary N) is 1. The van der Waals surface area contributed by atoms with Crippen LogP contribution in [-0.4, -0.2) is 59.9 Å². The van der Waals surface area contributed by atoms with E-state index in [-0.39, 0.29) is 19.4 Å². The number of hydrogen-bond donors (Lipinski definition) is 3. The van der Waals surface area contributed by atoms with Gasteiger partial charge in [-0.1, -0.05) is 141 Å². The molecule has 0 saturated carbocycles. The van der Waals surface area contributed by atoms with Crippen LogP contribution in [0.1, 0.15) is 174 Å². The second-order valence-corrected chi connectivity index (χ2v) is 14.9. The SMILES string of the molecule is CCCCC/C=C\C/C=C\CCCCCCCCCC(=O)O[C@H](COC(=O)CCCCCCCCCCCC)COP(=O)(O)OC[C@H](N)C(=O)O. The normalized spacial score (nSPS) is 14.1. The van der Waals surface area contributed by atoms with Crippen LogP contribution < -0.4 is 5.73 Å². The van der Waals surface area contributed by atoms with E-state index in [9.17, 15) is 23.8 Å². The number of hydrogen-bond acceptors (Lipinski definition) is 9. The lowest BCUT2D eigenvalue weighted by atomic mass is 10.1. The molecule has 51 heavy (non-hydrogen) atoms. The molecule has 0 aliphatic carbocycles. The minimum absolute atomic E-state index is 0.154. The first-order chi connectivity index (χ1) is 24.6. The molecule has 12 heteroatoms. The molecular formula is C39H72NO10P. The van der Waals surface area contributed by atoms with Gasteiger partial charge < -0.3 is 25.2 Å². The van der Waals surface area contributed by atoms with Crippen LogP contribution >= 0.6 is 7.82 Å². The third-order valence-electron chi connectivity index (χ3n) is 8.45. The van der Waals surface area contributed by atoms with Gasteiger partial charge in [-0.05, 0) is 44.9 Å². The number of rotatable bonds is 37. The van der Waals surface area contributed by atoms with Crippen molar-refractivity contribution in [2.24, 2.45) is 5.73 Å². The summed E-state index contributed by atoms with van der Waals surface area (Å²) in [6.45, 7) is 2.74. The topological polar surface area (TPSA) is 172 Å². The van der Waals surface area contributed by atoms with Crippen molar-refractivity contribution in [1.82, 2.24) is 0 Å². The van der Waals surface area contributed by atoms with Crippen LogP contribution in [0.2, 0.25) is 0 Å². The highest BCUT2D eigenvalue weighted by molar-refractivity contribution is 7.47. The summed E-state index contributed by atoms with van der Waals surface area (Å²) in [5.41, 5.74) is 5.32. The second-order valence-electron chi connectivity index (χ2n) is 13.4. The van der Waals surface area contributed by atoms with E-state index in [1.165, 1.54) is 77.0 Å². The molecule has 0 amide bonds. The molecule has 4 N–H and O–H groups in total. The standard InChI is InChI=1S/C39H72NO10P/c1-3-5-7-9-11-13-15-16-17-18-19-20-21-23-25-27-29-31-38(42)50-35(33-48-51(45,46)49-34-36(40)39(43)44)32-47-37(41)30-28-26-24-22-14-12-10-8-6-4-2/h11,13,16-17,35-36H,3-10,12,14-15,18-34,40H2,1-2H3,(H,43,44)(H,45,46)/b13-11-,17-16-/t35-,36+/m1/s1. The number of phosphoric acid groups is 1. The summed E-state index contributed by atoms with van der Waals surface area (Å²) in [6.07, 6.45) is 33.9. The fraction of sp³-hybridized carbons (Fsp3) is 0.821. The largest absolute Gasteiger partial charge is 0.480 e. The zero-order valence-electron chi connectivity index (χ0n) is 31.9. The highest BCUT2D eigenvalue weighted by Gasteiger charge is 2.28. The van der Waals surface area contributed by atoms with Crippen molar-refractivity contribution in [2.75, 3.05) is 19.8 Å². The van der Waals surface area contributed by atoms with Crippen LogP contribution in [0.25, 0.3) is 0 Å². The Morgan fingerprint density at radius 3 is 1.57 bits per heavy atom. The Morgan fingerprint density at radius 1 is 0.608 bits per heavy atom. The summed E-state index contributed by atoms with van der Waals surface area (Å²) in [6, 6.07) is -1.52. The summed E-state index contributed by atoms with van der Waals surface area (Å²) in [5.74, 6) is -2.39. The molecule has 0 aromatic rings. The monoisotopic (exact) mass is 745 g/mol. The van der Waals surface area contributed by atoms with Gasteiger partial charge in [0.2, 0.25) is 0 Å². The lowest BCUT2D eigenvalue weighted by Crippen LogP contribution is -2.34. The van der Waals surface area contributed by atoms with E-state index in [0.29, 0.717) is 12.8 Å². The lowest BCUT2D eigenvalue weighted by molar-refractivity contribution is -0.161. The first-order valence-corrected chi connectivity index (χ1v) is 21.4. The predicted molar refractivity (Wildman–Crippen MR) is 203 cm³/mol. The summed E-state index contributed by atoms with van der Waals surface area (Å²) < 4.78 is 32.6. The smallest absolute Gasteiger partial charge is 0.472 e. The van der Waals surface area contributed by atoms with Gasteiger partial charge in [0.15, 0.2) is 6.10 Å². The molecule has 0 rings (SSSR count). The molecule has 0 aromatic heterocycles. The van der Waals surface area contributed by atoms with Crippen LogP contribution in [0.3, 0.4) is 0 Å². The summed E-state index contributed by atoms with van der Waals surface area (Å²) in [4.78, 5) is 45.7. The molecule has 0 saturated heterocycles. The fourth-order valence-electron chi connectivity index (χ4n) is 5.27. The number of carbonyl (C=O) groups is 3. The van der Waals surface area contributed by atoms with Gasteiger partial charge in [-0.2, -0.15) is 0 Å². The number of carboxylic acids is 1. The van der Waals surface area contributed by atoms with Gasteiger partial charge in [-0.25, -0.2) is 4.57 Å². The maximum atomic E-state index is 12.6. The minimum atomic E-state index is -4.71. The number of phosphoric ester groups is 1. The van der Waals surface area contributed by atoms with E-state index in [0.717, 1.165) is 57.8 Å². The number of unbranched alkanes of at least 4 members (excludes halogenated alkanes) is 19. The minimum Gasteiger partial charge on any atom is -0.480 e. The van der Waals surface area contributed by atoms with E-state index in [4.69, 9.17) is 24.8 Å². The Labute approximate surface area is 309 Å². The number of aliphatic carboxylic acids is 1. The number of esters is 2. The Bertz CT molecular complexity index is 974. The molecule has 0 fully saturated rings. The molecular weight excluding hydrogens is 673 g/mol. The van der Waals surface area contributed by atoms with Crippen molar-refractivity contribution in [3.63, 3.8) is 0 Å². The number of ether oxygens (including phenoxy) is 2. The van der Waals surface area contributed by atoms with Crippen molar-refractivity contribution >= 4 is 25.7 Å². The zero-order chi connectivity index (χ0) is 37.8. The summed E-state index contributed by atoms with van der Waals surface area (Å²) >= 11 is 0. The molecule has 11 nitrogen and oxygen atoms in total. The van der Waals surface area contributed by atoms with Crippen molar-refractivity contribution in [2.45, 2.75) is 187 Å². The van der Waals surface area contributed by atoms with Gasteiger partial charge in [0.1, 0.15) is 12.6 Å². The molecule has 0 bridgehead atoms. The first kappa shape index (κ1) is 49.0. The molecule has 1 unspecified atom stereocenters. The molecule has 3 atom stereocenters. The molecule has 0 aliphatic rings. The Balaban J connectivity index is 4.40. The van der Waals surface area contributed by atoms with Crippen LogP contribution in [0, 0.1) is 0 Å². The molecule has 0 radical (unpaired) electrons. The van der Waals surface area contributed by atoms with E-state index in [2.05, 4.69) is 42.7 Å². The van der Waals surface area contributed by atoms with E-state index >= 15 is 0 Å². The quantitative estimate of drug-likeness (QED) is 0.0239. The van der Waals surface area contributed by atoms with Crippen molar-refractivity contribution < 1.29 is 47.5 Å². The third kappa shape index (κ3) is 34.8. The molecule has 0 aliphatic heterocycles. The number of carbonyl (C=O) groups excluding carboxylic acids is 2. The molecule has 0 heterocycles. The fourth-order valence-corrected chi connectivity index (χ4v) is 6.05. The Kier molecular flexibility index (Phi) is 33.6. The highest BCUT2D eigenvalue weighted by atomic mass is 31.2. The Hall–Kier alpha value is -2.04. The first-order valence-electron chi connectivity index (χ1n) is 19.9. The van der Waals surface area contributed by atoms with Crippen LogP contribution in [0.15, 0.2) is 24.3 Å². The van der Waals surface area contributed by atoms with Gasteiger partial charge in [-0.15, -0.1) is 0 Å². The van der Waals surface area contributed by atoms with Crippen molar-refractivity contribution in [3.8, 4) is 0 Å². The maximum absolute atomic E-state index is 12.6. The summed E-state index contributed by atoms with van der Waals surface area (Å²) in [5, 5.41) is 8.86. The molecule has 0 spiro atoms. The van der Waals surface area contributed by atoms with Crippen molar-refractivity contribution in [1.29, 1.82) is 0 Å². The average molecular weight is 746 g/mol. The third-order valence-corrected chi connectivity index (χ3v) is 9.40.